The maximum Gasteiger partial charge on any atom is 0.214 e. The van der Waals surface area contributed by atoms with Crippen LogP contribution < -0.4 is 15.4 Å². The van der Waals surface area contributed by atoms with E-state index in [4.69, 9.17) is 9.15 Å². The lowest BCUT2D eigenvalue weighted by atomic mass is 10.0. The summed E-state index contributed by atoms with van der Waals surface area (Å²) in [5.74, 6) is 3.59. The van der Waals surface area contributed by atoms with Crippen molar-refractivity contribution in [3.05, 3.63) is 47.2 Å². The molecule has 7 heteroatoms. The summed E-state index contributed by atoms with van der Waals surface area (Å²) in [4.78, 5) is 8.51. The number of guanidine groups is 1. The number of ether oxygens (including phenoxy) is 1. The maximum atomic E-state index is 5.74. The monoisotopic (exact) mass is 472 g/mol. The van der Waals surface area contributed by atoms with Crippen molar-refractivity contribution in [1.29, 1.82) is 0 Å². The van der Waals surface area contributed by atoms with Crippen LogP contribution in [0, 0.1) is 13.8 Å². The first-order chi connectivity index (χ1) is 12.0. The zero-order valence-corrected chi connectivity index (χ0v) is 18.5. The van der Waals surface area contributed by atoms with Crippen LogP contribution in [0.5, 0.6) is 5.75 Å². The van der Waals surface area contributed by atoms with Crippen LogP contribution in [0.15, 0.2) is 33.7 Å². The topological polar surface area (TPSA) is 71.7 Å². The van der Waals surface area contributed by atoms with Crippen LogP contribution in [-0.4, -0.2) is 31.1 Å². The van der Waals surface area contributed by atoms with Crippen LogP contribution in [-0.2, 0) is 6.54 Å². The first kappa shape index (κ1) is 22.3. The summed E-state index contributed by atoms with van der Waals surface area (Å²) in [6, 6.07) is 8.23. The van der Waals surface area contributed by atoms with E-state index in [1.54, 1.807) is 7.05 Å². The molecular formula is C19H29IN4O2. The molecule has 0 amide bonds. The molecule has 0 aliphatic rings. The molecule has 1 aromatic heterocycles. The molecule has 144 valence electrons. The second-order valence-corrected chi connectivity index (χ2v) is 6.17. The highest BCUT2D eigenvalue weighted by Gasteiger charge is 2.06. The minimum atomic E-state index is 0. The van der Waals surface area contributed by atoms with Gasteiger partial charge in [-0.15, -0.1) is 24.0 Å². The van der Waals surface area contributed by atoms with Crippen LogP contribution in [0.3, 0.4) is 0 Å². The smallest absolute Gasteiger partial charge is 0.214 e. The summed E-state index contributed by atoms with van der Waals surface area (Å²) < 4.78 is 11.3. The molecular weight excluding hydrogens is 443 g/mol. The van der Waals surface area contributed by atoms with Crippen LogP contribution in [0.1, 0.15) is 42.7 Å². The Morgan fingerprint density at radius 2 is 1.88 bits per heavy atom. The second-order valence-electron chi connectivity index (χ2n) is 6.17. The molecule has 0 saturated carbocycles. The van der Waals surface area contributed by atoms with E-state index in [1.807, 2.05) is 26.0 Å². The van der Waals surface area contributed by atoms with Crippen molar-refractivity contribution in [3.8, 4) is 5.75 Å². The fourth-order valence-corrected chi connectivity index (χ4v) is 2.28. The first-order valence-electron chi connectivity index (χ1n) is 8.59. The van der Waals surface area contributed by atoms with Crippen molar-refractivity contribution >= 4 is 29.9 Å². The van der Waals surface area contributed by atoms with Gasteiger partial charge >= 0.3 is 0 Å². The number of nitrogens with one attached hydrogen (secondary N) is 2. The average Bonchev–Trinajstić information content (AvgIpc) is 2.92. The second kappa shape index (κ2) is 11.1. The van der Waals surface area contributed by atoms with E-state index >= 15 is 0 Å². The summed E-state index contributed by atoms with van der Waals surface area (Å²) in [5.41, 5.74) is 2.23. The molecule has 0 unspecified atom stereocenters. The number of halogens is 1. The van der Waals surface area contributed by atoms with Gasteiger partial charge in [-0.1, -0.05) is 26.0 Å². The van der Waals surface area contributed by atoms with E-state index in [1.165, 1.54) is 5.56 Å². The van der Waals surface area contributed by atoms with Gasteiger partial charge in [-0.05, 0) is 37.5 Å². The van der Waals surface area contributed by atoms with Gasteiger partial charge in [0.25, 0.3) is 0 Å². The molecule has 2 rings (SSSR count). The number of rotatable bonds is 7. The van der Waals surface area contributed by atoms with Gasteiger partial charge in [-0.25, -0.2) is 4.98 Å². The van der Waals surface area contributed by atoms with Gasteiger partial charge in [-0.2, -0.15) is 0 Å². The van der Waals surface area contributed by atoms with Crippen LogP contribution in [0.2, 0.25) is 0 Å². The minimum Gasteiger partial charge on any atom is -0.492 e. The van der Waals surface area contributed by atoms with Crippen LogP contribution in [0.25, 0.3) is 0 Å². The number of benzene rings is 1. The van der Waals surface area contributed by atoms with Crippen molar-refractivity contribution in [1.82, 2.24) is 15.6 Å². The lowest BCUT2D eigenvalue weighted by molar-refractivity contribution is 0.321. The van der Waals surface area contributed by atoms with Gasteiger partial charge in [0.2, 0.25) is 5.89 Å². The van der Waals surface area contributed by atoms with Crippen molar-refractivity contribution in [3.63, 3.8) is 0 Å². The third kappa shape index (κ3) is 6.86. The predicted molar refractivity (Wildman–Crippen MR) is 116 cm³/mol. The summed E-state index contributed by atoms with van der Waals surface area (Å²) >= 11 is 0. The van der Waals surface area contributed by atoms with E-state index in [0.29, 0.717) is 37.5 Å². The highest BCUT2D eigenvalue weighted by molar-refractivity contribution is 14.0. The molecule has 0 aliphatic heterocycles. The molecule has 0 radical (unpaired) electrons. The van der Waals surface area contributed by atoms with Gasteiger partial charge < -0.3 is 19.8 Å². The molecule has 1 aromatic carbocycles. The van der Waals surface area contributed by atoms with Gasteiger partial charge in [0, 0.05) is 7.05 Å². The Labute approximate surface area is 172 Å². The lowest BCUT2D eigenvalue weighted by Crippen LogP contribution is -2.38. The highest BCUT2D eigenvalue weighted by atomic mass is 127. The summed E-state index contributed by atoms with van der Waals surface area (Å²) in [6.07, 6.45) is 0. The van der Waals surface area contributed by atoms with Crippen molar-refractivity contribution in [2.75, 3.05) is 20.2 Å². The summed E-state index contributed by atoms with van der Waals surface area (Å²) in [6.45, 7) is 9.89. The van der Waals surface area contributed by atoms with Crippen LogP contribution in [0.4, 0.5) is 0 Å². The number of aryl methyl sites for hydroxylation is 2. The van der Waals surface area contributed by atoms with Crippen molar-refractivity contribution < 1.29 is 9.15 Å². The molecule has 2 aromatic rings. The molecule has 0 aliphatic carbocycles. The van der Waals surface area contributed by atoms with Gasteiger partial charge in [0.15, 0.2) is 5.96 Å². The molecule has 0 bridgehead atoms. The summed E-state index contributed by atoms with van der Waals surface area (Å²) in [7, 11) is 1.73. The standard InChI is InChI=1S/C19H28N4O2.HI/c1-13(2)16-6-8-17(9-7-16)24-11-10-21-19(20-5)22-12-18-23-14(3)15(4)25-18;/h6-9,13H,10-12H2,1-5H3,(H2,20,21,22);1H. The van der Waals surface area contributed by atoms with Gasteiger partial charge in [0.05, 0.1) is 18.8 Å². The number of nitrogens with zero attached hydrogens (tertiary/aromatic N) is 2. The molecule has 6 nitrogen and oxygen atoms in total. The zero-order valence-electron chi connectivity index (χ0n) is 16.1. The Hall–Kier alpha value is -1.77. The molecule has 0 spiro atoms. The number of aliphatic imine (C=N–C) groups is 1. The Bertz CT molecular complexity index is 677. The maximum absolute atomic E-state index is 5.74. The molecule has 1 heterocycles. The Kier molecular flexibility index (Phi) is 9.47. The molecule has 2 N–H and O–H groups in total. The summed E-state index contributed by atoms with van der Waals surface area (Å²) in [5, 5.41) is 6.38. The fraction of sp³-hybridized carbons (Fsp3) is 0.474. The molecule has 0 saturated heterocycles. The van der Waals surface area contributed by atoms with E-state index in [2.05, 4.69) is 46.6 Å². The van der Waals surface area contributed by atoms with Crippen LogP contribution >= 0.6 is 24.0 Å². The third-order valence-corrected chi connectivity index (χ3v) is 3.91. The first-order valence-corrected chi connectivity index (χ1v) is 8.59. The van der Waals surface area contributed by atoms with Gasteiger partial charge in [0.1, 0.15) is 18.1 Å². The zero-order chi connectivity index (χ0) is 18.2. The molecule has 26 heavy (non-hydrogen) atoms. The molecule has 0 atom stereocenters. The van der Waals surface area contributed by atoms with E-state index in [9.17, 15) is 0 Å². The highest BCUT2D eigenvalue weighted by Crippen LogP contribution is 2.18. The quantitative estimate of drug-likeness (QED) is 0.278. The number of hydrogen-bond acceptors (Lipinski definition) is 4. The van der Waals surface area contributed by atoms with E-state index in [-0.39, 0.29) is 24.0 Å². The Morgan fingerprint density at radius 1 is 1.19 bits per heavy atom. The lowest BCUT2D eigenvalue weighted by Gasteiger charge is -2.12. The largest absolute Gasteiger partial charge is 0.492 e. The van der Waals surface area contributed by atoms with E-state index < -0.39 is 0 Å². The number of oxazole rings is 1. The number of aromatic nitrogens is 1. The minimum absolute atomic E-state index is 0. The van der Waals surface area contributed by atoms with Crippen molar-refractivity contribution in [2.45, 2.75) is 40.2 Å². The Balaban J connectivity index is 0.00000338. The SMILES string of the molecule is CN=C(NCCOc1ccc(C(C)C)cc1)NCc1nc(C)c(C)o1.I. The van der Waals surface area contributed by atoms with Gasteiger partial charge in [-0.3, -0.25) is 4.99 Å². The number of hydrogen-bond donors (Lipinski definition) is 2. The predicted octanol–water partition coefficient (Wildman–Crippen LogP) is 3.78. The van der Waals surface area contributed by atoms with E-state index in [0.717, 1.165) is 17.2 Å². The third-order valence-electron chi connectivity index (χ3n) is 3.91. The fourth-order valence-electron chi connectivity index (χ4n) is 2.28. The van der Waals surface area contributed by atoms with Crippen molar-refractivity contribution in [2.24, 2.45) is 4.99 Å². The Morgan fingerprint density at radius 3 is 2.42 bits per heavy atom. The average molecular weight is 472 g/mol. The normalized spacial score (nSPS) is 11.2. The molecule has 0 fully saturated rings.